The third-order valence-electron chi connectivity index (χ3n) is 1.68. The van der Waals surface area contributed by atoms with Crippen molar-refractivity contribution in [2.75, 3.05) is 6.61 Å². The summed E-state index contributed by atoms with van der Waals surface area (Å²) in [6.45, 7) is 16.5. The van der Waals surface area contributed by atoms with Crippen LogP contribution >= 0.6 is 0 Å². The molecule has 5 nitrogen and oxygen atoms in total. The second-order valence-corrected chi connectivity index (χ2v) is 2.85. The minimum atomic E-state index is -0.868. The van der Waals surface area contributed by atoms with Crippen molar-refractivity contribution in [3.05, 3.63) is 35.8 Å². The molecule has 0 aliphatic heterocycles. The molecule has 0 saturated heterocycles. The lowest BCUT2D eigenvalue weighted by atomic mass is 10.2. The van der Waals surface area contributed by atoms with Gasteiger partial charge in [0, 0.05) is 0 Å². The van der Waals surface area contributed by atoms with Crippen molar-refractivity contribution < 1.29 is 19.1 Å². The second-order valence-electron chi connectivity index (χ2n) is 2.85. The number of carbonyl (C=O) groups excluding carboxylic acids is 2. The highest BCUT2D eigenvalue weighted by Gasteiger charge is 2.20. The molecule has 1 atom stereocenters. The summed E-state index contributed by atoms with van der Waals surface area (Å²) < 4.78 is 9.46. The van der Waals surface area contributed by atoms with E-state index in [0.717, 1.165) is 0 Å². The summed E-state index contributed by atoms with van der Waals surface area (Å²) in [5.74, 6) is -1.50. The molecule has 0 spiro atoms. The van der Waals surface area contributed by atoms with Crippen molar-refractivity contribution in [2.45, 2.75) is 20.0 Å². The maximum Gasteiger partial charge on any atom is 0.337 e. The molecule has 0 heterocycles. The van der Waals surface area contributed by atoms with Gasteiger partial charge in [0.1, 0.15) is 6.10 Å². The largest absolute Gasteiger partial charge is 0.463 e. The van der Waals surface area contributed by atoms with E-state index in [4.69, 9.17) is 11.3 Å². The number of hydrogen-bond acceptors (Lipinski definition) is 4. The quantitative estimate of drug-likeness (QED) is 0.402. The Bertz CT molecular complexity index is 365. The molecule has 0 aromatic carbocycles. The molecule has 0 amide bonds. The van der Waals surface area contributed by atoms with Gasteiger partial charge in [-0.2, -0.15) is 0 Å². The van der Waals surface area contributed by atoms with Crippen LogP contribution in [0.3, 0.4) is 0 Å². The van der Waals surface area contributed by atoms with Crippen LogP contribution in [0.5, 0.6) is 0 Å². The summed E-state index contributed by atoms with van der Waals surface area (Å²) in [6, 6.07) is 0. The molecule has 86 valence electrons. The van der Waals surface area contributed by atoms with E-state index in [1.54, 1.807) is 6.92 Å². The Morgan fingerprint density at radius 3 is 2.38 bits per heavy atom. The Hall–Kier alpha value is -2.09. The Kier molecular flexibility index (Phi) is 5.57. The van der Waals surface area contributed by atoms with Gasteiger partial charge in [-0.15, -0.1) is 0 Å². The predicted octanol–water partition coefficient (Wildman–Crippen LogP) is 1.47. The number of nitrogens with zero attached hydrogens (tertiary/aromatic N) is 1. The number of esters is 2. The Morgan fingerprint density at radius 2 is 1.94 bits per heavy atom. The average molecular weight is 223 g/mol. The van der Waals surface area contributed by atoms with Gasteiger partial charge >= 0.3 is 11.9 Å². The molecule has 16 heavy (non-hydrogen) atoms. The molecule has 0 radical (unpaired) electrons. The van der Waals surface area contributed by atoms with Crippen LogP contribution in [0.2, 0.25) is 0 Å². The van der Waals surface area contributed by atoms with Crippen LogP contribution in [0.15, 0.2) is 24.4 Å². The highest BCUT2D eigenvalue weighted by molar-refractivity contribution is 5.92. The standard InChI is InChI=1S/C11H13NO4/c1-6-15-10(13)7(2)9(4)16-11(14)8(3)12-5/h9H,2-3,6H2,1,4H3. The lowest BCUT2D eigenvalue weighted by molar-refractivity contribution is -0.145. The van der Waals surface area contributed by atoms with Gasteiger partial charge in [0.2, 0.25) is 0 Å². The summed E-state index contributed by atoms with van der Waals surface area (Å²) in [6.07, 6.45) is -0.843. The zero-order chi connectivity index (χ0) is 12.7. The van der Waals surface area contributed by atoms with Gasteiger partial charge in [0.05, 0.1) is 18.8 Å². The SMILES string of the molecule is [C-]#[N+]C(=C)C(=O)OC(C)C(=C)C(=O)OCC. The molecule has 0 aliphatic carbocycles. The van der Waals surface area contributed by atoms with Crippen molar-refractivity contribution in [3.63, 3.8) is 0 Å². The van der Waals surface area contributed by atoms with E-state index in [2.05, 4.69) is 22.7 Å². The van der Waals surface area contributed by atoms with Gasteiger partial charge in [0.15, 0.2) is 0 Å². The fourth-order valence-corrected chi connectivity index (χ4v) is 0.735. The fraction of sp³-hybridized carbons (Fsp3) is 0.364. The number of ether oxygens (including phenoxy) is 2. The van der Waals surface area contributed by atoms with Crippen molar-refractivity contribution >= 4 is 11.9 Å². The van der Waals surface area contributed by atoms with E-state index in [1.807, 2.05) is 0 Å². The smallest absolute Gasteiger partial charge is 0.337 e. The first-order valence-corrected chi connectivity index (χ1v) is 4.57. The van der Waals surface area contributed by atoms with Crippen LogP contribution in [0, 0.1) is 6.57 Å². The normalized spacial score (nSPS) is 10.8. The number of rotatable bonds is 5. The molecule has 0 aromatic rings. The first kappa shape index (κ1) is 13.9. The molecule has 0 aromatic heterocycles. The lowest BCUT2D eigenvalue weighted by Crippen LogP contribution is -2.23. The van der Waals surface area contributed by atoms with Crippen LogP contribution in [0.4, 0.5) is 0 Å². The van der Waals surface area contributed by atoms with E-state index < -0.39 is 18.0 Å². The molecule has 0 N–H and O–H groups in total. The van der Waals surface area contributed by atoms with Crippen LogP contribution in [-0.4, -0.2) is 24.6 Å². The first-order valence-electron chi connectivity index (χ1n) is 4.57. The van der Waals surface area contributed by atoms with Crippen molar-refractivity contribution in [1.29, 1.82) is 0 Å². The molecule has 1 unspecified atom stereocenters. The zero-order valence-corrected chi connectivity index (χ0v) is 9.28. The highest BCUT2D eigenvalue weighted by atomic mass is 16.6. The average Bonchev–Trinajstić information content (AvgIpc) is 2.26. The summed E-state index contributed by atoms with van der Waals surface area (Å²) in [5, 5.41) is 0. The van der Waals surface area contributed by atoms with Crippen molar-refractivity contribution in [2.24, 2.45) is 0 Å². The van der Waals surface area contributed by atoms with E-state index in [0.29, 0.717) is 0 Å². The third-order valence-corrected chi connectivity index (χ3v) is 1.68. The monoisotopic (exact) mass is 223 g/mol. The zero-order valence-electron chi connectivity index (χ0n) is 9.28. The lowest BCUT2D eigenvalue weighted by Gasteiger charge is -2.14. The minimum Gasteiger partial charge on any atom is -0.463 e. The maximum absolute atomic E-state index is 11.2. The molecular formula is C11H13NO4. The molecule has 5 heteroatoms. The van der Waals surface area contributed by atoms with E-state index in [9.17, 15) is 9.59 Å². The van der Waals surface area contributed by atoms with Gasteiger partial charge in [-0.25, -0.2) is 9.64 Å². The van der Waals surface area contributed by atoms with Crippen LogP contribution in [-0.2, 0) is 19.1 Å². The summed E-state index contributed by atoms with van der Waals surface area (Å²) in [5.41, 5.74) is -0.323. The second kappa shape index (κ2) is 6.40. The Labute approximate surface area is 94.2 Å². The molecule has 0 aliphatic rings. The molecule has 0 fully saturated rings. The molecule has 0 bridgehead atoms. The fourth-order valence-electron chi connectivity index (χ4n) is 0.735. The van der Waals surface area contributed by atoms with Crippen molar-refractivity contribution in [3.8, 4) is 0 Å². The predicted molar refractivity (Wildman–Crippen MR) is 57.1 cm³/mol. The molecule has 0 rings (SSSR count). The van der Waals surface area contributed by atoms with E-state index in [-0.39, 0.29) is 17.9 Å². The minimum absolute atomic E-state index is 0.0213. The summed E-state index contributed by atoms with van der Waals surface area (Å²) >= 11 is 0. The molecule has 0 saturated carbocycles. The van der Waals surface area contributed by atoms with Gasteiger partial charge in [-0.3, -0.25) is 4.79 Å². The molecular weight excluding hydrogens is 210 g/mol. The first-order chi connectivity index (χ1) is 7.43. The third kappa shape index (κ3) is 3.96. The number of hydrogen-bond donors (Lipinski definition) is 0. The van der Waals surface area contributed by atoms with Gasteiger partial charge in [-0.05, 0) is 13.8 Å². The van der Waals surface area contributed by atoms with Crippen LogP contribution in [0.25, 0.3) is 4.85 Å². The highest BCUT2D eigenvalue weighted by Crippen LogP contribution is 2.09. The topological polar surface area (TPSA) is 57.0 Å². The van der Waals surface area contributed by atoms with Crippen LogP contribution < -0.4 is 0 Å². The van der Waals surface area contributed by atoms with E-state index in [1.165, 1.54) is 6.92 Å². The van der Waals surface area contributed by atoms with Gasteiger partial charge < -0.3 is 9.47 Å². The Balaban J connectivity index is 4.38. The van der Waals surface area contributed by atoms with Crippen LogP contribution in [0.1, 0.15) is 13.8 Å². The maximum atomic E-state index is 11.2. The summed E-state index contributed by atoms with van der Waals surface area (Å²) in [7, 11) is 0. The van der Waals surface area contributed by atoms with E-state index >= 15 is 0 Å². The summed E-state index contributed by atoms with van der Waals surface area (Å²) in [4.78, 5) is 25.2. The van der Waals surface area contributed by atoms with Gasteiger partial charge in [0.25, 0.3) is 5.70 Å². The van der Waals surface area contributed by atoms with Gasteiger partial charge in [-0.1, -0.05) is 13.2 Å². The number of carbonyl (C=O) groups is 2. The Morgan fingerprint density at radius 1 is 1.38 bits per heavy atom. The van der Waals surface area contributed by atoms with Crippen molar-refractivity contribution in [1.82, 2.24) is 0 Å².